The average Bonchev–Trinajstić information content (AvgIpc) is 3.02. The van der Waals surface area contributed by atoms with Crippen LogP contribution in [-0.2, 0) is 66.7 Å². The fourth-order valence-electron chi connectivity index (χ4n) is 3.68. The van der Waals surface area contributed by atoms with E-state index in [4.69, 9.17) is 18.9 Å². The van der Waals surface area contributed by atoms with Crippen LogP contribution < -0.4 is 10.6 Å². The molecule has 44 heavy (non-hydrogen) atoms. The van der Waals surface area contributed by atoms with E-state index in [0.29, 0.717) is 26.2 Å². The molecule has 1 rings (SSSR count). The topological polar surface area (TPSA) is 207 Å². The number of nitrogens with one attached hydrogen (secondary N) is 2. The van der Waals surface area contributed by atoms with Crippen LogP contribution in [0.4, 0.5) is 0 Å². The molecule has 1 aliphatic rings. The first kappa shape index (κ1) is 38.6. The Morgan fingerprint density at radius 3 is 0.977 bits per heavy atom. The molecule has 0 unspecified atom stereocenters. The summed E-state index contributed by atoms with van der Waals surface area (Å²) in [5, 5.41) is 4.63. The molecule has 1 saturated heterocycles. The molecule has 0 radical (unpaired) electrons. The molecule has 0 saturated carbocycles. The van der Waals surface area contributed by atoms with Crippen molar-refractivity contribution in [1.29, 1.82) is 0 Å². The molecule has 0 aromatic carbocycles. The van der Waals surface area contributed by atoms with Crippen molar-refractivity contribution in [3.63, 3.8) is 0 Å². The van der Waals surface area contributed by atoms with Gasteiger partial charge in [0, 0.05) is 26.2 Å². The van der Waals surface area contributed by atoms with Crippen LogP contribution in [0.15, 0.2) is 0 Å². The second-order valence-corrected chi connectivity index (χ2v) is 9.10. The smallest absolute Gasteiger partial charge is 0.340 e. The molecular formula is C26H44N4O14. The molecule has 18 heteroatoms. The number of hydrogen-bond donors (Lipinski definition) is 2. The zero-order chi connectivity index (χ0) is 32.7. The first-order valence-electron chi connectivity index (χ1n) is 13.8. The third kappa shape index (κ3) is 15.9. The SMILES string of the molecule is COC(=O)C(NC(=O)CN1CCOCCOCCN(CC(=O)NC(C(=O)OC)C(=O)OC)CCOCCOCC1)C(=O)OC. The summed E-state index contributed by atoms with van der Waals surface area (Å²) in [6.45, 7) is 3.13. The van der Waals surface area contributed by atoms with E-state index >= 15 is 0 Å². The summed E-state index contributed by atoms with van der Waals surface area (Å²) in [4.78, 5) is 76.0. The van der Waals surface area contributed by atoms with Gasteiger partial charge in [-0.15, -0.1) is 0 Å². The maximum absolute atomic E-state index is 12.6. The minimum atomic E-state index is -1.58. The van der Waals surface area contributed by atoms with Gasteiger partial charge >= 0.3 is 23.9 Å². The number of amides is 2. The Balaban J connectivity index is 2.63. The molecule has 0 bridgehead atoms. The molecule has 0 atom stereocenters. The maximum Gasteiger partial charge on any atom is 0.340 e. The number of carbonyl (C=O) groups excluding carboxylic acids is 6. The molecule has 1 aliphatic heterocycles. The monoisotopic (exact) mass is 636 g/mol. The van der Waals surface area contributed by atoms with Crippen LogP contribution in [0.1, 0.15) is 0 Å². The molecule has 18 nitrogen and oxygen atoms in total. The summed E-state index contributed by atoms with van der Waals surface area (Å²) in [5.74, 6) is -4.99. The van der Waals surface area contributed by atoms with E-state index in [1.54, 1.807) is 9.80 Å². The van der Waals surface area contributed by atoms with Crippen molar-refractivity contribution < 1.29 is 66.7 Å². The average molecular weight is 637 g/mol. The van der Waals surface area contributed by atoms with Gasteiger partial charge in [0.2, 0.25) is 23.9 Å². The fraction of sp³-hybridized carbons (Fsp3) is 0.769. The molecule has 2 amide bonds. The maximum atomic E-state index is 12.6. The van der Waals surface area contributed by atoms with Crippen molar-refractivity contribution in [2.45, 2.75) is 12.1 Å². The third-order valence-electron chi connectivity index (χ3n) is 6.04. The van der Waals surface area contributed by atoms with Crippen LogP contribution in [-0.4, -0.2) is 178 Å². The predicted octanol–water partition coefficient (Wildman–Crippen LogP) is -3.67. The Morgan fingerprint density at radius 1 is 0.500 bits per heavy atom. The van der Waals surface area contributed by atoms with Gasteiger partial charge in [0.25, 0.3) is 0 Å². The zero-order valence-electron chi connectivity index (χ0n) is 25.7. The molecule has 2 N–H and O–H groups in total. The van der Waals surface area contributed by atoms with Gasteiger partial charge < -0.3 is 48.5 Å². The van der Waals surface area contributed by atoms with Gasteiger partial charge in [-0.2, -0.15) is 0 Å². The lowest BCUT2D eigenvalue weighted by Gasteiger charge is -2.24. The minimum absolute atomic E-state index is 0.145. The van der Waals surface area contributed by atoms with Crippen LogP contribution >= 0.6 is 0 Å². The Labute approximate surface area is 255 Å². The number of ether oxygens (including phenoxy) is 8. The van der Waals surface area contributed by atoms with Crippen LogP contribution in [0.3, 0.4) is 0 Å². The lowest BCUT2D eigenvalue weighted by atomic mass is 10.3. The van der Waals surface area contributed by atoms with Gasteiger partial charge in [-0.3, -0.25) is 19.4 Å². The lowest BCUT2D eigenvalue weighted by molar-refractivity contribution is -0.158. The Morgan fingerprint density at radius 2 is 0.750 bits per heavy atom. The van der Waals surface area contributed by atoms with E-state index in [1.165, 1.54) is 0 Å². The number of carbonyl (C=O) groups is 6. The van der Waals surface area contributed by atoms with E-state index in [9.17, 15) is 28.8 Å². The largest absolute Gasteiger partial charge is 0.467 e. The van der Waals surface area contributed by atoms with Gasteiger partial charge in [-0.05, 0) is 0 Å². The van der Waals surface area contributed by atoms with Crippen molar-refractivity contribution in [3.05, 3.63) is 0 Å². The normalized spacial score (nSPS) is 17.0. The Kier molecular flexibility index (Phi) is 20.2. The quantitative estimate of drug-likeness (QED) is 0.135. The van der Waals surface area contributed by atoms with Crippen molar-refractivity contribution in [1.82, 2.24) is 20.4 Å². The van der Waals surface area contributed by atoms with Gasteiger partial charge in [0.15, 0.2) is 0 Å². The van der Waals surface area contributed by atoms with Crippen molar-refractivity contribution in [2.75, 3.05) is 121 Å². The predicted molar refractivity (Wildman–Crippen MR) is 148 cm³/mol. The highest BCUT2D eigenvalue weighted by Gasteiger charge is 2.32. The van der Waals surface area contributed by atoms with Crippen molar-refractivity contribution >= 4 is 35.7 Å². The first-order valence-corrected chi connectivity index (χ1v) is 13.8. The van der Waals surface area contributed by atoms with Crippen molar-refractivity contribution in [3.8, 4) is 0 Å². The van der Waals surface area contributed by atoms with Crippen molar-refractivity contribution in [2.24, 2.45) is 0 Å². The van der Waals surface area contributed by atoms with E-state index in [-0.39, 0.29) is 65.9 Å². The van der Waals surface area contributed by atoms with Crippen LogP contribution in [0, 0.1) is 0 Å². The molecule has 1 fully saturated rings. The summed E-state index contributed by atoms with van der Waals surface area (Å²) >= 11 is 0. The highest BCUT2D eigenvalue weighted by atomic mass is 16.6. The van der Waals surface area contributed by atoms with Gasteiger partial charge in [0.05, 0.1) is 94.4 Å². The summed E-state index contributed by atoms with van der Waals surface area (Å²) in [5.41, 5.74) is 0. The number of esters is 4. The number of rotatable bonds is 10. The standard InChI is InChI=1S/C26H44N4O14/c1-37-23(33)21(24(34)38-2)27-19(31)17-29-5-9-41-13-15-43-11-7-30(8-12-44-16-14-42-10-6-29)18-20(32)28-22(25(35)39-3)26(36)40-4/h21-22H,5-18H2,1-4H3,(H,27,31)(H,28,32). The molecule has 252 valence electrons. The van der Waals surface area contributed by atoms with E-state index in [2.05, 4.69) is 29.6 Å². The minimum Gasteiger partial charge on any atom is -0.467 e. The summed E-state index contributed by atoms with van der Waals surface area (Å²) in [6.07, 6.45) is 0. The molecule has 0 aliphatic carbocycles. The lowest BCUT2D eigenvalue weighted by Crippen LogP contribution is -2.51. The highest BCUT2D eigenvalue weighted by Crippen LogP contribution is 1.98. The zero-order valence-corrected chi connectivity index (χ0v) is 25.7. The van der Waals surface area contributed by atoms with E-state index < -0.39 is 47.8 Å². The molecular weight excluding hydrogens is 592 g/mol. The van der Waals surface area contributed by atoms with Gasteiger partial charge in [0.1, 0.15) is 0 Å². The van der Waals surface area contributed by atoms with Crippen LogP contribution in [0.5, 0.6) is 0 Å². The van der Waals surface area contributed by atoms with Crippen LogP contribution in [0.25, 0.3) is 0 Å². The summed E-state index contributed by atoms with van der Waals surface area (Å²) in [7, 11) is 4.37. The Bertz CT molecular complexity index is 797. The molecule has 1 heterocycles. The molecule has 0 spiro atoms. The Hall–Kier alpha value is -3.42. The van der Waals surface area contributed by atoms with Gasteiger partial charge in [-0.1, -0.05) is 0 Å². The fourth-order valence-corrected chi connectivity index (χ4v) is 3.68. The van der Waals surface area contributed by atoms with Crippen LogP contribution in [0.2, 0.25) is 0 Å². The molecule has 0 aromatic rings. The van der Waals surface area contributed by atoms with Gasteiger partial charge in [-0.25, -0.2) is 19.2 Å². The first-order chi connectivity index (χ1) is 21.2. The van der Waals surface area contributed by atoms with E-state index in [0.717, 1.165) is 28.4 Å². The molecule has 0 aromatic heterocycles. The third-order valence-corrected chi connectivity index (χ3v) is 6.04. The number of methoxy groups -OCH3 is 4. The second kappa shape index (κ2) is 23.0. The number of nitrogens with zero attached hydrogens (tertiary/aromatic N) is 2. The summed E-state index contributed by atoms with van der Waals surface area (Å²) < 4.78 is 40.7. The second-order valence-electron chi connectivity index (χ2n) is 9.10. The number of hydrogen-bond acceptors (Lipinski definition) is 16. The highest BCUT2D eigenvalue weighted by molar-refractivity contribution is 6.03. The van der Waals surface area contributed by atoms with E-state index in [1.807, 2.05) is 0 Å². The summed E-state index contributed by atoms with van der Waals surface area (Å²) in [6, 6.07) is -3.16.